The molecule has 0 spiro atoms. The van der Waals surface area contributed by atoms with Crippen molar-refractivity contribution >= 4 is 5.69 Å². The van der Waals surface area contributed by atoms with Crippen molar-refractivity contribution in [2.75, 3.05) is 18.4 Å². The summed E-state index contributed by atoms with van der Waals surface area (Å²) in [5.74, 6) is 0. The van der Waals surface area contributed by atoms with E-state index in [0.717, 1.165) is 38.0 Å². The Morgan fingerprint density at radius 2 is 2.18 bits per heavy atom. The Morgan fingerprint density at radius 1 is 1.32 bits per heavy atom. The molecule has 0 aliphatic carbocycles. The first-order valence-electron chi connectivity index (χ1n) is 8.23. The number of anilines is 1. The second-order valence-corrected chi connectivity index (χ2v) is 6.01. The van der Waals surface area contributed by atoms with Crippen molar-refractivity contribution in [3.63, 3.8) is 0 Å². The first kappa shape index (κ1) is 16.6. The van der Waals surface area contributed by atoms with Crippen LogP contribution in [0.25, 0.3) is 0 Å². The molecule has 0 atom stereocenters. The average Bonchev–Trinajstić information content (AvgIpc) is 2.75. The van der Waals surface area contributed by atoms with E-state index in [4.69, 9.17) is 0 Å². The highest BCUT2D eigenvalue weighted by Crippen LogP contribution is 2.19. The Balaban J connectivity index is 2.00. The molecule has 1 aromatic carbocycles. The second kappa shape index (κ2) is 8.60. The Bertz CT molecular complexity index is 579. The minimum atomic E-state index is 1.06. The van der Waals surface area contributed by atoms with Crippen molar-refractivity contribution < 1.29 is 0 Å². The molecule has 0 saturated heterocycles. The zero-order chi connectivity index (χ0) is 15.8. The topological polar surface area (TPSA) is 24.1 Å². The van der Waals surface area contributed by atoms with Gasteiger partial charge in [-0.1, -0.05) is 29.9 Å². The molecule has 0 bridgehead atoms. The smallest absolute Gasteiger partial charge is 0.0384 e. The molecule has 118 valence electrons. The summed E-state index contributed by atoms with van der Waals surface area (Å²) < 4.78 is 0. The third-order valence-corrected chi connectivity index (χ3v) is 3.94. The largest absolute Gasteiger partial charge is 0.359 e. The highest BCUT2D eigenvalue weighted by atomic mass is 14.9. The second-order valence-electron chi connectivity index (χ2n) is 6.01. The molecule has 1 heterocycles. The van der Waals surface area contributed by atoms with Gasteiger partial charge < -0.3 is 10.6 Å². The summed E-state index contributed by atoms with van der Waals surface area (Å²) in [6.45, 7) is 8.59. The van der Waals surface area contributed by atoms with Gasteiger partial charge in [-0.25, -0.2) is 0 Å². The van der Waals surface area contributed by atoms with Gasteiger partial charge in [-0.15, -0.1) is 0 Å². The maximum atomic E-state index is 3.49. The molecule has 0 amide bonds. The third-order valence-electron chi connectivity index (χ3n) is 3.94. The van der Waals surface area contributed by atoms with Gasteiger partial charge in [0.1, 0.15) is 0 Å². The van der Waals surface area contributed by atoms with Gasteiger partial charge in [0.2, 0.25) is 0 Å². The Morgan fingerprint density at radius 3 is 2.95 bits per heavy atom. The zero-order valence-corrected chi connectivity index (χ0v) is 14.1. The fourth-order valence-corrected chi connectivity index (χ4v) is 2.78. The summed E-state index contributed by atoms with van der Waals surface area (Å²) in [4.78, 5) is 0. The molecule has 0 fully saturated rings. The lowest BCUT2D eigenvalue weighted by molar-refractivity contribution is 0.707. The summed E-state index contributed by atoms with van der Waals surface area (Å²) in [7, 11) is 0. The molecule has 2 N–H and O–H groups in total. The van der Waals surface area contributed by atoms with Gasteiger partial charge in [0.15, 0.2) is 0 Å². The minimum absolute atomic E-state index is 1.06. The number of benzene rings is 1. The predicted octanol–water partition coefficient (Wildman–Crippen LogP) is 4.96. The van der Waals surface area contributed by atoms with Crippen molar-refractivity contribution in [3.05, 3.63) is 64.9 Å². The monoisotopic (exact) mass is 296 g/mol. The molecule has 2 heteroatoms. The summed E-state index contributed by atoms with van der Waals surface area (Å²) in [6.07, 6.45) is 10.3. The van der Waals surface area contributed by atoms with Crippen LogP contribution in [0.15, 0.2) is 59.3 Å². The summed E-state index contributed by atoms with van der Waals surface area (Å²) in [6, 6.07) is 8.49. The van der Waals surface area contributed by atoms with Crippen LogP contribution in [0.4, 0.5) is 5.69 Å². The summed E-state index contributed by atoms with van der Waals surface area (Å²) in [5, 5.41) is 6.93. The zero-order valence-electron chi connectivity index (χ0n) is 14.1. The van der Waals surface area contributed by atoms with E-state index in [1.807, 2.05) is 0 Å². The number of aryl methyl sites for hydroxylation is 1. The van der Waals surface area contributed by atoms with Crippen molar-refractivity contribution in [2.45, 2.75) is 40.0 Å². The van der Waals surface area contributed by atoms with Crippen LogP contribution < -0.4 is 10.6 Å². The van der Waals surface area contributed by atoms with Crippen molar-refractivity contribution in [1.82, 2.24) is 5.32 Å². The minimum Gasteiger partial charge on any atom is -0.359 e. The van der Waals surface area contributed by atoms with E-state index in [0.29, 0.717) is 0 Å². The molecular formula is C20H28N2. The lowest BCUT2D eigenvalue weighted by Crippen LogP contribution is -2.14. The fraction of sp³-hybridized carbons (Fsp3) is 0.400. The van der Waals surface area contributed by atoms with E-state index in [-0.39, 0.29) is 0 Å². The van der Waals surface area contributed by atoms with Gasteiger partial charge in [0.05, 0.1) is 0 Å². The highest BCUT2D eigenvalue weighted by Gasteiger charge is 2.04. The van der Waals surface area contributed by atoms with E-state index in [1.54, 1.807) is 5.57 Å². The van der Waals surface area contributed by atoms with Gasteiger partial charge in [-0.05, 0) is 82.5 Å². The van der Waals surface area contributed by atoms with E-state index < -0.39 is 0 Å². The molecule has 0 radical (unpaired) electrons. The number of hydrogen-bond acceptors (Lipinski definition) is 2. The van der Waals surface area contributed by atoms with Crippen LogP contribution >= 0.6 is 0 Å². The van der Waals surface area contributed by atoms with Gasteiger partial charge in [-0.2, -0.15) is 0 Å². The van der Waals surface area contributed by atoms with Crippen LogP contribution in [0.3, 0.4) is 0 Å². The Labute approximate surface area is 135 Å². The molecule has 22 heavy (non-hydrogen) atoms. The normalized spacial score (nSPS) is 17.0. The van der Waals surface area contributed by atoms with Crippen LogP contribution in [0.2, 0.25) is 0 Å². The highest BCUT2D eigenvalue weighted by molar-refractivity contribution is 5.50. The van der Waals surface area contributed by atoms with Crippen LogP contribution in [0, 0.1) is 6.92 Å². The molecule has 0 aromatic heterocycles. The SMILES string of the molecule is C/C=C(\C=C(\C)Nc1cccc(C)c1)CC1=CCCNCC1. The Kier molecular flexibility index (Phi) is 6.47. The van der Waals surface area contributed by atoms with Crippen molar-refractivity contribution in [2.24, 2.45) is 0 Å². The van der Waals surface area contributed by atoms with Gasteiger partial charge in [-0.3, -0.25) is 0 Å². The van der Waals surface area contributed by atoms with Gasteiger partial charge >= 0.3 is 0 Å². The van der Waals surface area contributed by atoms with E-state index in [2.05, 4.69) is 73.9 Å². The number of allylic oxidation sites excluding steroid dienone is 4. The maximum Gasteiger partial charge on any atom is 0.0384 e. The van der Waals surface area contributed by atoms with Crippen LogP contribution in [-0.2, 0) is 0 Å². The molecule has 0 unspecified atom stereocenters. The van der Waals surface area contributed by atoms with E-state index >= 15 is 0 Å². The maximum absolute atomic E-state index is 3.49. The first-order chi connectivity index (χ1) is 10.7. The number of rotatable bonds is 5. The molecule has 2 nitrogen and oxygen atoms in total. The van der Waals surface area contributed by atoms with E-state index in [9.17, 15) is 0 Å². The molecule has 1 aliphatic heterocycles. The summed E-state index contributed by atoms with van der Waals surface area (Å²) >= 11 is 0. The van der Waals surface area contributed by atoms with Gasteiger partial charge in [0, 0.05) is 11.4 Å². The van der Waals surface area contributed by atoms with Crippen molar-refractivity contribution in [3.8, 4) is 0 Å². The van der Waals surface area contributed by atoms with E-state index in [1.165, 1.54) is 16.8 Å². The molecule has 0 saturated carbocycles. The van der Waals surface area contributed by atoms with Gasteiger partial charge in [0.25, 0.3) is 0 Å². The molecular weight excluding hydrogens is 268 g/mol. The molecule has 1 aliphatic rings. The lowest BCUT2D eigenvalue weighted by Gasteiger charge is -2.10. The first-order valence-corrected chi connectivity index (χ1v) is 8.23. The average molecular weight is 296 g/mol. The van der Waals surface area contributed by atoms with Crippen molar-refractivity contribution in [1.29, 1.82) is 0 Å². The number of nitrogens with one attached hydrogen (secondary N) is 2. The standard InChI is InChI=1S/C20H28N2/c1-4-18(15-19-8-6-11-21-12-10-19)14-17(3)22-20-9-5-7-16(2)13-20/h4-5,7-9,13-14,21-22H,6,10-12,15H2,1-3H3/b17-14-,18-4+. The van der Waals surface area contributed by atoms with Crippen LogP contribution in [0.5, 0.6) is 0 Å². The van der Waals surface area contributed by atoms with Crippen LogP contribution in [-0.4, -0.2) is 13.1 Å². The quantitative estimate of drug-likeness (QED) is 0.593. The molecule has 2 rings (SSSR count). The van der Waals surface area contributed by atoms with Crippen LogP contribution in [0.1, 0.15) is 38.7 Å². The number of hydrogen-bond donors (Lipinski definition) is 2. The lowest BCUT2D eigenvalue weighted by atomic mass is 10.0. The Hall–Kier alpha value is -1.80. The summed E-state index contributed by atoms with van der Waals surface area (Å²) in [5.41, 5.74) is 6.55. The predicted molar refractivity (Wildman–Crippen MR) is 97.1 cm³/mol. The molecule has 1 aromatic rings. The fourth-order valence-electron chi connectivity index (χ4n) is 2.78. The third kappa shape index (κ3) is 5.53.